The van der Waals surface area contributed by atoms with Gasteiger partial charge in [-0.3, -0.25) is 0 Å². The van der Waals surface area contributed by atoms with Gasteiger partial charge in [0.05, 0.1) is 6.26 Å². The van der Waals surface area contributed by atoms with Crippen LogP contribution in [0.3, 0.4) is 0 Å². The van der Waals surface area contributed by atoms with E-state index in [-0.39, 0.29) is 6.10 Å². The lowest BCUT2D eigenvalue weighted by Gasteiger charge is -2.12. The van der Waals surface area contributed by atoms with Crippen molar-refractivity contribution in [2.75, 3.05) is 0 Å². The highest BCUT2D eigenvalue weighted by Crippen LogP contribution is 2.19. The summed E-state index contributed by atoms with van der Waals surface area (Å²) in [5, 5.41) is 0. The molecule has 0 bridgehead atoms. The van der Waals surface area contributed by atoms with Crippen LogP contribution >= 0.6 is 0 Å². The van der Waals surface area contributed by atoms with Gasteiger partial charge in [0.25, 0.3) is 0 Å². The highest BCUT2D eigenvalue weighted by Gasteiger charge is 2.03. The molecule has 0 N–H and O–H groups in total. The number of allylic oxidation sites excluding steroid dienone is 1. The van der Waals surface area contributed by atoms with Gasteiger partial charge in [-0.1, -0.05) is 60.7 Å². The molecule has 92 valence electrons. The molecule has 18 heavy (non-hydrogen) atoms. The summed E-state index contributed by atoms with van der Waals surface area (Å²) < 4.78 is 5.78. The lowest BCUT2D eigenvalue weighted by atomic mass is 10.1. The van der Waals surface area contributed by atoms with Gasteiger partial charge >= 0.3 is 0 Å². The molecule has 0 amide bonds. The van der Waals surface area contributed by atoms with Crippen LogP contribution in [0.2, 0.25) is 0 Å². The van der Waals surface area contributed by atoms with Gasteiger partial charge in [0.2, 0.25) is 0 Å². The van der Waals surface area contributed by atoms with Crippen molar-refractivity contribution in [1.82, 2.24) is 0 Å². The van der Waals surface area contributed by atoms with Crippen molar-refractivity contribution in [2.24, 2.45) is 0 Å². The van der Waals surface area contributed by atoms with E-state index >= 15 is 0 Å². The van der Waals surface area contributed by atoms with Crippen LogP contribution in [0, 0.1) is 0 Å². The number of ether oxygens (including phenoxy) is 1. The average molecular weight is 238 g/mol. The maximum absolute atomic E-state index is 5.78. The zero-order chi connectivity index (χ0) is 12.8. The van der Waals surface area contributed by atoms with Crippen molar-refractivity contribution in [3.8, 4) is 0 Å². The molecule has 0 fully saturated rings. The molecule has 2 aromatic rings. The molecule has 1 atom stereocenters. The zero-order valence-electron chi connectivity index (χ0n) is 10.8. The quantitative estimate of drug-likeness (QED) is 0.693. The van der Waals surface area contributed by atoms with Crippen LogP contribution in [0.25, 0.3) is 5.57 Å². The molecular formula is C17H18O. The highest BCUT2D eigenvalue weighted by atomic mass is 16.5. The maximum Gasteiger partial charge on any atom is 0.120 e. The van der Waals surface area contributed by atoms with Gasteiger partial charge in [0, 0.05) is 0 Å². The van der Waals surface area contributed by atoms with E-state index in [4.69, 9.17) is 4.74 Å². The molecule has 2 rings (SSSR count). The molecule has 1 heteroatoms. The van der Waals surface area contributed by atoms with E-state index in [0.29, 0.717) is 0 Å². The van der Waals surface area contributed by atoms with Crippen LogP contribution in [0.5, 0.6) is 0 Å². The first kappa shape index (κ1) is 12.4. The van der Waals surface area contributed by atoms with Gasteiger partial charge in [0.1, 0.15) is 6.10 Å². The van der Waals surface area contributed by atoms with E-state index in [9.17, 15) is 0 Å². The summed E-state index contributed by atoms with van der Waals surface area (Å²) in [5.74, 6) is 0. The Labute approximate surface area is 109 Å². The molecular weight excluding hydrogens is 220 g/mol. The molecule has 0 spiro atoms. The summed E-state index contributed by atoms with van der Waals surface area (Å²) in [5.41, 5.74) is 3.52. The van der Waals surface area contributed by atoms with Crippen LogP contribution in [-0.4, -0.2) is 0 Å². The van der Waals surface area contributed by atoms with E-state index < -0.39 is 0 Å². The van der Waals surface area contributed by atoms with Crippen LogP contribution in [-0.2, 0) is 4.74 Å². The summed E-state index contributed by atoms with van der Waals surface area (Å²) in [6.07, 6.45) is 1.91. The molecule has 0 heterocycles. The van der Waals surface area contributed by atoms with E-state index in [0.717, 1.165) is 5.57 Å². The van der Waals surface area contributed by atoms with Gasteiger partial charge in [0.15, 0.2) is 0 Å². The Bertz CT molecular complexity index is 500. The molecule has 0 saturated heterocycles. The van der Waals surface area contributed by atoms with Gasteiger partial charge in [-0.2, -0.15) is 0 Å². The van der Waals surface area contributed by atoms with Crippen molar-refractivity contribution in [3.63, 3.8) is 0 Å². The Kier molecular flexibility index (Phi) is 4.19. The first-order valence-electron chi connectivity index (χ1n) is 6.20. The van der Waals surface area contributed by atoms with Gasteiger partial charge in [-0.25, -0.2) is 0 Å². The van der Waals surface area contributed by atoms with Crippen LogP contribution in [0.4, 0.5) is 0 Å². The minimum Gasteiger partial charge on any atom is -0.493 e. The SMILES string of the molecule is CC(=COC(C)c1ccccc1)c1ccccc1. The van der Waals surface area contributed by atoms with Crippen molar-refractivity contribution < 1.29 is 4.74 Å². The Morgan fingerprint density at radius 1 is 0.944 bits per heavy atom. The van der Waals surface area contributed by atoms with Crippen LogP contribution in [0.1, 0.15) is 31.1 Å². The van der Waals surface area contributed by atoms with E-state index in [2.05, 4.69) is 38.1 Å². The fourth-order valence-electron chi connectivity index (χ4n) is 1.78. The van der Waals surface area contributed by atoms with Crippen molar-refractivity contribution in [1.29, 1.82) is 0 Å². The maximum atomic E-state index is 5.78. The van der Waals surface area contributed by atoms with E-state index in [1.807, 2.05) is 42.7 Å². The molecule has 0 aliphatic rings. The van der Waals surface area contributed by atoms with E-state index in [1.54, 1.807) is 0 Å². The second kappa shape index (κ2) is 6.06. The third-order valence-corrected chi connectivity index (χ3v) is 2.95. The molecule has 0 aromatic heterocycles. The normalized spacial score (nSPS) is 13.1. The summed E-state index contributed by atoms with van der Waals surface area (Å²) in [7, 11) is 0. The van der Waals surface area contributed by atoms with Crippen LogP contribution in [0.15, 0.2) is 66.9 Å². The third kappa shape index (κ3) is 3.24. The predicted octanol–water partition coefficient (Wildman–Crippen LogP) is 4.83. The topological polar surface area (TPSA) is 9.23 Å². The number of hydrogen-bond donors (Lipinski definition) is 0. The van der Waals surface area contributed by atoms with Crippen molar-refractivity contribution in [2.45, 2.75) is 20.0 Å². The van der Waals surface area contributed by atoms with Crippen molar-refractivity contribution >= 4 is 5.57 Å². The standard InChI is InChI=1S/C17H18O/c1-14(16-9-5-3-6-10-16)13-18-15(2)17-11-7-4-8-12-17/h3-13,15H,1-2H3. The Morgan fingerprint density at radius 2 is 1.50 bits per heavy atom. The number of hydrogen-bond acceptors (Lipinski definition) is 1. The smallest absolute Gasteiger partial charge is 0.120 e. The lowest BCUT2D eigenvalue weighted by molar-refractivity contribution is 0.165. The van der Waals surface area contributed by atoms with E-state index in [1.165, 1.54) is 11.1 Å². The number of rotatable bonds is 4. The Balaban J connectivity index is 2.03. The second-order valence-electron chi connectivity index (χ2n) is 4.36. The first-order chi connectivity index (χ1) is 8.77. The fraction of sp³-hybridized carbons (Fsp3) is 0.176. The summed E-state index contributed by atoms with van der Waals surface area (Å²) in [6, 6.07) is 20.5. The molecule has 1 unspecified atom stereocenters. The molecule has 1 nitrogen and oxygen atoms in total. The van der Waals surface area contributed by atoms with Crippen LogP contribution < -0.4 is 0 Å². The molecule has 0 saturated carbocycles. The highest BCUT2D eigenvalue weighted by molar-refractivity contribution is 5.62. The minimum atomic E-state index is 0.0739. The molecule has 0 radical (unpaired) electrons. The third-order valence-electron chi connectivity index (χ3n) is 2.95. The monoisotopic (exact) mass is 238 g/mol. The average Bonchev–Trinajstić information content (AvgIpc) is 2.46. The molecule has 0 aliphatic heterocycles. The fourth-order valence-corrected chi connectivity index (χ4v) is 1.78. The lowest BCUT2D eigenvalue weighted by Crippen LogP contribution is -1.95. The van der Waals surface area contributed by atoms with Gasteiger partial charge in [-0.05, 0) is 30.5 Å². The first-order valence-corrected chi connectivity index (χ1v) is 6.20. The zero-order valence-corrected chi connectivity index (χ0v) is 10.8. The molecule has 0 aliphatic carbocycles. The largest absolute Gasteiger partial charge is 0.493 e. The Hall–Kier alpha value is -2.02. The van der Waals surface area contributed by atoms with Gasteiger partial charge < -0.3 is 4.74 Å². The summed E-state index contributed by atoms with van der Waals surface area (Å²) >= 11 is 0. The minimum absolute atomic E-state index is 0.0739. The van der Waals surface area contributed by atoms with Crippen molar-refractivity contribution in [3.05, 3.63) is 78.1 Å². The molecule has 2 aromatic carbocycles. The number of benzene rings is 2. The second-order valence-corrected chi connectivity index (χ2v) is 4.36. The Morgan fingerprint density at radius 3 is 2.11 bits per heavy atom. The van der Waals surface area contributed by atoms with Gasteiger partial charge in [-0.15, -0.1) is 0 Å². The predicted molar refractivity (Wildman–Crippen MR) is 76.0 cm³/mol. The summed E-state index contributed by atoms with van der Waals surface area (Å²) in [4.78, 5) is 0. The summed E-state index contributed by atoms with van der Waals surface area (Å²) in [6.45, 7) is 4.12.